The molecule has 6 nitrogen and oxygen atoms in total. The molecule has 2 atom stereocenters. The number of ether oxygens (including phenoxy) is 2. The molecule has 2 N–H and O–H groups in total. The van der Waals surface area contributed by atoms with Crippen LogP contribution in [0.3, 0.4) is 0 Å². The lowest BCUT2D eigenvalue weighted by Gasteiger charge is -2.12. The SMILES string of the molecule is CCCCC/C=C\C[C@@H](O)/C=C/C=C\C/C=C\CCCC(=O)OC[C@H](O)COC(=O)CCCCCCCCCC(C)C. The Hall–Kier alpha value is -2.18. The number of esters is 2. The molecule has 242 valence electrons. The summed E-state index contributed by atoms with van der Waals surface area (Å²) in [6.45, 7) is 6.40. The Balaban J connectivity index is 3.68. The van der Waals surface area contributed by atoms with Crippen LogP contribution < -0.4 is 0 Å². The van der Waals surface area contributed by atoms with E-state index in [-0.39, 0.29) is 31.6 Å². The zero-order chi connectivity index (χ0) is 31.1. The predicted molar refractivity (Wildman–Crippen MR) is 174 cm³/mol. The highest BCUT2D eigenvalue weighted by Crippen LogP contribution is 2.13. The van der Waals surface area contributed by atoms with Gasteiger partial charge in [-0.05, 0) is 50.9 Å². The monoisotopic (exact) mass is 590 g/mol. The third kappa shape index (κ3) is 30.8. The molecule has 0 spiro atoms. The maximum absolute atomic E-state index is 11.9. The summed E-state index contributed by atoms with van der Waals surface area (Å²) in [5.74, 6) is 0.109. The predicted octanol–water partition coefficient (Wildman–Crippen LogP) is 8.72. The summed E-state index contributed by atoms with van der Waals surface area (Å²) in [5, 5.41) is 19.9. The number of unbranched alkanes of at least 4 members (excludes halogenated alkanes) is 10. The molecule has 42 heavy (non-hydrogen) atoms. The Morgan fingerprint density at radius 1 is 0.667 bits per heavy atom. The molecule has 0 radical (unpaired) electrons. The molecule has 0 amide bonds. The van der Waals surface area contributed by atoms with E-state index in [1.807, 2.05) is 36.5 Å². The molecule has 6 heteroatoms. The van der Waals surface area contributed by atoms with Gasteiger partial charge in [-0.15, -0.1) is 0 Å². The molecular formula is C36H62O6. The van der Waals surface area contributed by atoms with Crippen LogP contribution in [0.4, 0.5) is 0 Å². The van der Waals surface area contributed by atoms with E-state index in [0.29, 0.717) is 19.3 Å². The fourth-order valence-electron chi connectivity index (χ4n) is 4.23. The molecule has 0 heterocycles. The summed E-state index contributed by atoms with van der Waals surface area (Å²) in [5.41, 5.74) is 0. The molecule has 0 saturated carbocycles. The van der Waals surface area contributed by atoms with Gasteiger partial charge in [-0.1, -0.05) is 127 Å². The Morgan fingerprint density at radius 3 is 1.93 bits per heavy atom. The average molecular weight is 591 g/mol. The van der Waals surface area contributed by atoms with Crippen molar-refractivity contribution in [2.45, 2.75) is 149 Å². The summed E-state index contributed by atoms with van der Waals surface area (Å²) >= 11 is 0. The van der Waals surface area contributed by atoms with Gasteiger partial charge >= 0.3 is 11.9 Å². The van der Waals surface area contributed by atoms with E-state index in [0.717, 1.165) is 44.4 Å². The highest BCUT2D eigenvalue weighted by molar-refractivity contribution is 5.69. The van der Waals surface area contributed by atoms with Crippen molar-refractivity contribution in [3.05, 3.63) is 48.6 Å². The molecule has 0 saturated heterocycles. The largest absolute Gasteiger partial charge is 0.463 e. The van der Waals surface area contributed by atoms with E-state index in [9.17, 15) is 19.8 Å². The maximum atomic E-state index is 11.9. The van der Waals surface area contributed by atoms with Crippen molar-refractivity contribution in [2.75, 3.05) is 13.2 Å². The number of hydrogen-bond acceptors (Lipinski definition) is 6. The fourth-order valence-corrected chi connectivity index (χ4v) is 4.23. The maximum Gasteiger partial charge on any atom is 0.305 e. The summed E-state index contributed by atoms with van der Waals surface area (Å²) in [7, 11) is 0. The first-order valence-corrected chi connectivity index (χ1v) is 16.7. The topological polar surface area (TPSA) is 93.1 Å². The van der Waals surface area contributed by atoms with Crippen molar-refractivity contribution >= 4 is 11.9 Å². The number of hydrogen-bond donors (Lipinski definition) is 2. The second-order valence-corrected chi connectivity index (χ2v) is 11.6. The van der Waals surface area contributed by atoms with Crippen molar-refractivity contribution in [3.8, 4) is 0 Å². The molecule has 0 fully saturated rings. The Bertz CT molecular complexity index is 752. The zero-order valence-corrected chi connectivity index (χ0v) is 27.0. The van der Waals surface area contributed by atoms with Crippen LogP contribution in [0.2, 0.25) is 0 Å². The minimum atomic E-state index is -1.00. The summed E-state index contributed by atoms with van der Waals surface area (Å²) in [6, 6.07) is 0. The minimum Gasteiger partial charge on any atom is -0.463 e. The summed E-state index contributed by atoms with van der Waals surface area (Å²) < 4.78 is 10.2. The molecule has 0 bridgehead atoms. The van der Waals surface area contributed by atoms with Crippen LogP contribution in [0, 0.1) is 5.92 Å². The average Bonchev–Trinajstić information content (AvgIpc) is 2.96. The number of aliphatic hydroxyl groups excluding tert-OH is 2. The van der Waals surface area contributed by atoms with Gasteiger partial charge < -0.3 is 19.7 Å². The van der Waals surface area contributed by atoms with Crippen molar-refractivity contribution in [3.63, 3.8) is 0 Å². The number of carbonyl (C=O) groups excluding carboxylic acids is 2. The first kappa shape index (κ1) is 39.8. The normalized spacial score (nSPS) is 13.7. The van der Waals surface area contributed by atoms with E-state index in [4.69, 9.17) is 9.47 Å². The van der Waals surface area contributed by atoms with Gasteiger partial charge in [0.2, 0.25) is 0 Å². The van der Waals surface area contributed by atoms with E-state index in [1.54, 1.807) is 6.08 Å². The number of carbonyl (C=O) groups is 2. The van der Waals surface area contributed by atoms with Gasteiger partial charge in [-0.3, -0.25) is 9.59 Å². The minimum absolute atomic E-state index is 0.150. The van der Waals surface area contributed by atoms with Gasteiger partial charge in [0.25, 0.3) is 0 Å². The smallest absolute Gasteiger partial charge is 0.305 e. The van der Waals surface area contributed by atoms with Crippen LogP contribution >= 0.6 is 0 Å². The standard InChI is InChI=1S/C36H62O6/c1-4-5-6-7-16-21-26-33(37)27-22-17-12-8-9-13-18-23-28-35(39)41-30-34(38)31-42-36(40)29-24-19-14-10-11-15-20-25-32(2)3/h9,12-13,16-17,21-22,27,32-34,37-38H,4-8,10-11,14-15,18-20,23-26,28-31H2,1-3H3/b13-9-,17-12-,21-16-,27-22+/t33-,34+/m1/s1. The van der Waals surface area contributed by atoms with Crippen LogP contribution in [0.25, 0.3) is 0 Å². The van der Waals surface area contributed by atoms with Gasteiger partial charge in [0.05, 0.1) is 6.10 Å². The van der Waals surface area contributed by atoms with Crippen molar-refractivity contribution in [1.29, 1.82) is 0 Å². The van der Waals surface area contributed by atoms with Crippen molar-refractivity contribution in [1.82, 2.24) is 0 Å². The van der Waals surface area contributed by atoms with Crippen molar-refractivity contribution in [2.24, 2.45) is 5.92 Å². The van der Waals surface area contributed by atoms with E-state index in [1.165, 1.54) is 51.4 Å². The summed E-state index contributed by atoms with van der Waals surface area (Å²) in [4.78, 5) is 23.7. The van der Waals surface area contributed by atoms with Gasteiger partial charge in [0, 0.05) is 12.8 Å². The Kier molecular flexibility index (Phi) is 28.7. The quantitative estimate of drug-likeness (QED) is 0.0410. The second-order valence-electron chi connectivity index (χ2n) is 11.6. The number of rotatable bonds is 28. The van der Waals surface area contributed by atoms with Crippen LogP contribution in [-0.4, -0.2) is 47.6 Å². The molecular weight excluding hydrogens is 528 g/mol. The van der Waals surface area contributed by atoms with Gasteiger partial charge in [0.15, 0.2) is 0 Å². The van der Waals surface area contributed by atoms with Gasteiger partial charge in [-0.2, -0.15) is 0 Å². The van der Waals surface area contributed by atoms with Crippen LogP contribution in [-0.2, 0) is 19.1 Å². The highest BCUT2D eigenvalue weighted by atomic mass is 16.6. The molecule has 0 unspecified atom stereocenters. The van der Waals surface area contributed by atoms with Crippen molar-refractivity contribution < 1.29 is 29.3 Å². The number of allylic oxidation sites excluding steroid dienone is 6. The van der Waals surface area contributed by atoms with E-state index < -0.39 is 12.2 Å². The Morgan fingerprint density at radius 2 is 1.26 bits per heavy atom. The van der Waals surface area contributed by atoms with E-state index >= 15 is 0 Å². The molecule has 0 aliphatic carbocycles. The second kappa shape index (κ2) is 30.3. The van der Waals surface area contributed by atoms with Crippen LogP contribution in [0.5, 0.6) is 0 Å². The van der Waals surface area contributed by atoms with Crippen LogP contribution in [0.15, 0.2) is 48.6 Å². The summed E-state index contributed by atoms with van der Waals surface area (Å²) in [6.07, 6.45) is 32.0. The highest BCUT2D eigenvalue weighted by Gasteiger charge is 2.12. The first-order chi connectivity index (χ1) is 20.3. The van der Waals surface area contributed by atoms with Crippen LogP contribution in [0.1, 0.15) is 136 Å². The van der Waals surface area contributed by atoms with Gasteiger partial charge in [-0.25, -0.2) is 0 Å². The first-order valence-electron chi connectivity index (χ1n) is 16.7. The Labute approximate surface area is 257 Å². The lowest BCUT2D eigenvalue weighted by molar-refractivity contribution is -0.152. The molecule has 0 aromatic rings. The zero-order valence-electron chi connectivity index (χ0n) is 27.0. The third-order valence-electron chi connectivity index (χ3n) is 6.83. The lowest BCUT2D eigenvalue weighted by Crippen LogP contribution is -2.25. The fraction of sp³-hybridized carbons (Fsp3) is 0.722. The number of aliphatic hydroxyl groups is 2. The third-order valence-corrected chi connectivity index (χ3v) is 6.83. The molecule has 0 aromatic heterocycles. The van der Waals surface area contributed by atoms with E-state index in [2.05, 4.69) is 26.8 Å². The molecule has 0 aliphatic heterocycles. The lowest BCUT2D eigenvalue weighted by atomic mass is 10.0. The molecule has 0 aliphatic rings. The molecule has 0 rings (SSSR count). The molecule has 0 aromatic carbocycles. The van der Waals surface area contributed by atoms with Gasteiger partial charge in [0.1, 0.15) is 19.3 Å².